The topological polar surface area (TPSA) is 54.9 Å². The van der Waals surface area contributed by atoms with E-state index < -0.39 is 17.7 Å². The second-order valence-corrected chi connectivity index (χ2v) is 11.0. The van der Waals surface area contributed by atoms with Crippen molar-refractivity contribution < 1.29 is 27.4 Å². The number of hydrogen-bond acceptors (Lipinski definition) is 7. The molecule has 0 bridgehead atoms. The zero-order valence-corrected chi connectivity index (χ0v) is 28.1. The SMILES string of the molecule is C/C=C\C(=C/C(C)C(F)(F)F)CN(CC)c1ccccc1OC1(C)CCCN(c2ncc(C(=O)OC)s2)CC1.CC.CC. The monoisotopic (exact) mass is 625 g/mol. The number of benzene rings is 1. The Morgan fingerprint density at radius 1 is 1.19 bits per heavy atom. The predicted molar refractivity (Wildman–Crippen MR) is 174 cm³/mol. The molecule has 1 aliphatic heterocycles. The van der Waals surface area contributed by atoms with E-state index >= 15 is 0 Å². The number of para-hydroxylation sites is 2. The number of anilines is 2. The maximum atomic E-state index is 13.3. The van der Waals surface area contributed by atoms with Crippen LogP contribution in [0, 0.1) is 5.92 Å². The number of alkyl halides is 3. The molecule has 0 saturated carbocycles. The number of thiazole rings is 1. The highest BCUT2D eigenvalue weighted by Gasteiger charge is 2.35. The Morgan fingerprint density at radius 3 is 2.47 bits per heavy atom. The van der Waals surface area contributed by atoms with Crippen LogP contribution < -0.4 is 14.5 Å². The summed E-state index contributed by atoms with van der Waals surface area (Å²) < 4.78 is 51.2. The second kappa shape index (κ2) is 18.6. The highest BCUT2D eigenvalue weighted by Crippen LogP contribution is 2.37. The fraction of sp³-hybridized carbons (Fsp3) is 0.576. The van der Waals surface area contributed by atoms with Gasteiger partial charge in [0.2, 0.25) is 0 Å². The minimum Gasteiger partial charge on any atom is -0.485 e. The molecule has 3 rings (SSSR count). The van der Waals surface area contributed by atoms with Crippen molar-refractivity contribution in [3.63, 3.8) is 0 Å². The number of esters is 1. The predicted octanol–water partition coefficient (Wildman–Crippen LogP) is 9.34. The van der Waals surface area contributed by atoms with Crippen molar-refractivity contribution in [3.05, 3.63) is 59.1 Å². The van der Waals surface area contributed by atoms with Crippen molar-refractivity contribution in [1.82, 2.24) is 4.98 Å². The largest absolute Gasteiger partial charge is 0.485 e. The lowest BCUT2D eigenvalue weighted by molar-refractivity contribution is -0.156. The van der Waals surface area contributed by atoms with Gasteiger partial charge in [0.15, 0.2) is 5.13 Å². The first kappa shape index (κ1) is 38.0. The number of ether oxygens (including phenoxy) is 2. The molecule has 10 heteroatoms. The van der Waals surface area contributed by atoms with Gasteiger partial charge in [-0.25, -0.2) is 9.78 Å². The summed E-state index contributed by atoms with van der Waals surface area (Å²) in [5.41, 5.74) is 1.00. The second-order valence-electron chi connectivity index (χ2n) is 9.95. The van der Waals surface area contributed by atoms with Crippen LogP contribution >= 0.6 is 11.3 Å². The van der Waals surface area contributed by atoms with Gasteiger partial charge in [-0.3, -0.25) is 0 Å². The van der Waals surface area contributed by atoms with E-state index in [1.54, 1.807) is 25.3 Å². The molecule has 1 aromatic heterocycles. The number of likely N-dealkylation sites (N-methyl/N-ethyl adjacent to an activating group) is 1. The summed E-state index contributed by atoms with van der Waals surface area (Å²) in [6.07, 6.45) is 4.50. The van der Waals surface area contributed by atoms with Crippen molar-refractivity contribution in [2.45, 2.75) is 86.4 Å². The van der Waals surface area contributed by atoms with Crippen LogP contribution in [0.15, 0.2) is 54.3 Å². The number of hydrogen-bond donors (Lipinski definition) is 0. The van der Waals surface area contributed by atoms with Gasteiger partial charge in [0, 0.05) is 32.6 Å². The Balaban J connectivity index is 0.00000221. The quantitative estimate of drug-likeness (QED) is 0.194. The van der Waals surface area contributed by atoms with Crippen molar-refractivity contribution in [3.8, 4) is 5.75 Å². The first-order chi connectivity index (χ1) is 20.5. The van der Waals surface area contributed by atoms with Gasteiger partial charge in [-0.05, 0) is 51.3 Å². The maximum Gasteiger partial charge on any atom is 0.394 e. The summed E-state index contributed by atoms with van der Waals surface area (Å²) in [4.78, 5) is 21.0. The molecule has 0 N–H and O–H groups in total. The summed E-state index contributed by atoms with van der Waals surface area (Å²) in [5.74, 6) is -1.22. The zero-order chi connectivity index (χ0) is 32.6. The third-order valence-electron chi connectivity index (χ3n) is 6.87. The summed E-state index contributed by atoms with van der Waals surface area (Å²) >= 11 is 1.32. The van der Waals surface area contributed by atoms with Crippen LogP contribution in [0.1, 0.15) is 84.3 Å². The Kier molecular flexibility index (Phi) is 16.5. The van der Waals surface area contributed by atoms with Crippen LogP contribution in [0.25, 0.3) is 0 Å². The van der Waals surface area contributed by atoms with Gasteiger partial charge < -0.3 is 19.3 Å². The van der Waals surface area contributed by atoms with Crippen molar-refractivity contribution in [1.29, 1.82) is 0 Å². The summed E-state index contributed by atoms with van der Waals surface area (Å²) in [6.45, 7) is 17.5. The molecule has 0 amide bonds. The molecule has 2 aromatic rings. The van der Waals surface area contributed by atoms with Gasteiger partial charge in [-0.15, -0.1) is 0 Å². The van der Waals surface area contributed by atoms with Gasteiger partial charge >= 0.3 is 12.1 Å². The average molecular weight is 626 g/mol. The lowest BCUT2D eigenvalue weighted by atomic mass is 9.97. The fourth-order valence-electron chi connectivity index (χ4n) is 4.60. The lowest BCUT2D eigenvalue weighted by Gasteiger charge is -2.33. The molecule has 242 valence electrons. The number of rotatable bonds is 10. The normalized spacial score (nSPS) is 18.0. The minimum absolute atomic E-state index is 0.332. The number of methoxy groups -OCH3 is 1. The van der Waals surface area contributed by atoms with E-state index in [1.165, 1.54) is 31.4 Å². The molecule has 2 unspecified atom stereocenters. The highest BCUT2D eigenvalue weighted by molar-refractivity contribution is 7.17. The smallest absolute Gasteiger partial charge is 0.394 e. The van der Waals surface area contributed by atoms with Crippen LogP contribution in [0.2, 0.25) is 0 Å². The zero-order valence-electron chi connectivity index (χ0n) is 27.3. The van der Waals surface area contributed by atoms with Crippen LogP contribution in [0.5, 0.6) is 5.75 Å². The lowest BCUT2D eigenvalue weighted by Crippen LogP contribution is -2.35. The van der Waals surface area contributed by atoms with E-state index in [9.17, 15) is 18.0 Å². The van der Waals surface area contributed by atoms with Crippen LogP contribution in [-0.2, 0) is 4.74 Å². The molecule has 0 radical (unpaired) electrons. The third-order valence-corrected chi connectivity index (χ3v) is 7.91. The van der Waals surface area contributed by atoms with Gasteiger partial charge in [-0.1, -0.05) is 76.3 Å². The molecule has 0 spiro atoms. The van der Waals surface area contributed by atoms with Gasteiger partial charge in [-0.2, -0.15) is 13.2 Å². The van der Waals surface area contributed by atoms with E-state index in [2.05, 4.69) is 16.8 Å². The summed E-state index contributed by atoms with van der Waals surface area (Å²) in [6, 6.07) is 7.71. The Morgan fingerprint density at radius 2 is 1.86 bits per heavy atom. The van der Waals surface area contributed by atoms with Gasteiger partial charge in [0.1, 0.15) is 16.2 Å². The van der Waals surface area contributed by atoms with E-state index in [4.69, 9.17) is 9.47 Å². The first-order valence-corrected chi connectivity index (χ1v) is 16.0. The van der Waals surface area contributed by atoms with Crippen molar-refractivity contribution >= 4 is 28.1 Å². The Labute approximate surface area is 260 Å². The molecule has 1 aromatic carbocycles. The number of carbonyl (C=O) groups is 1. The van der Waals surface area contributed by atoms with Crippen LogP contribution in [0.4, 0.5) is 24.0 Å². The molecule has 2 heterocycles. The molecule has 1 saturated heterocycles. The van der Waals surface area contributed by atoms with E-state index in [0.29, 0.717) is 35.8 Å². The molecular formula is C33H50F3N3O3S. The number of carbonyl (C=O) groups excluding carboxylic acids is 1. The third kappa shape index (κ3) is 11.5. The van der Waals surface area contributed by atoms with E-state index in [-0.39, 0.29) is 5.97 Å². The van der Waals surface area contributed by atoms with Crippen LogP contribution in [-0.4, -0.2) is 56.0 Å². The van der Waals surface area contributed by atoms with Gasteiger partial charge in [0.05, 0.1) is 24.9 Å². The number of allylic oxidation sites excluding steroid dienone is 2. The number of nitrogens with zero attached hydrogens (tertiary/aromatic N) is 3. The van der Waals surface area contributed by atoms with E-state index in [0.717, 1.165) is 36.6 Å². The fourth-order valence-corrected chi connectivity index (χ4v) is 5.49. The van der Waals surface area contributed by atoms with E-state index in [1.807, 2.05) is 63.8 Å². The molecule has 1 fully saturated rings. The van der Waals surface area contributed by atoms with Crippen LogP contribution in [0.3, 0.4) is 0 Å². The Bertz CT molecular complexity index is 1170. The maximum absolute atomic E-state index is 13.3. The highest BCUT2D eigenvalue weighted by atomic mass is 32.1. The van der Waals surface area contributed by atoms with Crippen molar-refractivity contribution in [2.75, 3.05) is 43.1 Å². The molecule has 2 atom stereocenters. The standard InChI is InChI=1S/C29H38F3N3O3S.2C2H6/c1-6-11-22(18-21(3)29(30,31)32)20-34(7-2)23-12-8-9-13-24(23)38-28(4)14-10-16-35(17-15-28)27-33-19-25(39-27)26(36)37-5;2*1-2/h6,8-9,11-13,18-19,21H,7,10,14-17,20H2,1-5H3;2*1-2H3/b11-6-,22-18+;;. The molecule has 43 heavy (non-hydrogen) atoms. The minimum atomic E-state index is -4.29. The number of halogens is 3. The Hall–Kier alpha value is -3.01. The first-order valence-electron chi connectivity index (χ1n) is 15.2. The molecule has 6 nitrogen and oxygen atoms in total. The molecule has 0 aliphatic carbocycles. The molecule has 1 aliphatic rings. The number of aromatic nitrogens is 1. The summed E-state index contributed by atoms with van der Waals surface area (Å²) in [7, 11) is 1.36. The molecular weight excluding hydrogens is 575 g/mol. The average Bonchev–Trinajstić information content (AvgIpc) is 3.41. The van der Waals surface area contributed by atoms with Crippen molar-refractivity contribution in [2.24, 2.45) is 5.92 Å². The van der Waals surface area contributed by atoms with Gasteiger partial charge in [0.25, 0.3) is 0 Å². The summed E-state index contributed by atoms with van der Waals surface area (Å²) in [5, 5.41) is 0.786.